The summed E-state index contributed by atoms with van der Waals surface area (Å²) < 4.78 is 1.77. The van der Waals surface area contributed by atoms with Crippen LogP contribution < -0.4 is 10.2 Å². The van der Waals surface area contributed by atoms with Crippen LogP contribution in [0.3, 0.4) is 0 Å². The Labute approximate surface area is 282 Å². The van der Waals surface area contributed by atoms with E-state index in [2.05, 4.69) is 34.2 Å². The molecule has 1 amide bonds. The second-order valence-electron chi connectivity index (χ2n) is 13.2. The van der Waals surface area contributed by atoms with Gasteiger partial charge < -0.3 is 30.2 Å². The monoisotopic (exact) mass is 659 g/mol. The lowest BCUT2D eigenvalue weighted by Gasteiger charge is -2.45. The zero-order valence-corrected chi connectivity index (χ0v) is 28.3. The van der Waals surface area contributed by atoms with Gasteiger partial charge in [-0.25, -0.2) is 4.52 Å². The quantitative estimate of drug-likeness (QED) is 0.209. The highest BCUT2D eigenvalue weighted by Gasteiger charge is 2.42. The highest BCUT2D eigenvalue weighted by atomic mass is 35.5. The van der Waals surface area contributed by atoms with Gasteiger partial charge in [0.1, 0.15) is 0 Å². The van der Waals surface area contributed by atoms with Gasteiger partial charge in [-0.3, -0.25) is 4.79 Å². The lowest BCUT2D eigenvalue weighted by molar-refractivity contribution is 0.0149. The van der Waals surface area contributed by atoms with E-state index in [9.17, 15) is 15.0 Å². The first kappa shape index (κ1) is 33.2. The van der Waals surface area contributed by atoms with Gasteiger partial charge >= 0.3 is 0 Å². The van der Waals surface area contributed by atoms with Gasteiger partial charge in [0.15, 0.2) is 5.65 Å². The number of anilines is 3. The molecule has 250 valence electrons. The van der Waals surface area contributed by atoms with Gasteiger partial charge in [-0.05, 0) is 93.2 Å². The van der Waals surface area contributed by atoms with Crippen molar-refractivity contribution in [2.75, 3.05) is 50.6 Å². The van der Waals surface area contributed by atoms with Crippen LogP contribution in [-0.2, 0) is 5.41 Å². The first-order chi connectivity index (χ1) is 22.7. The Kier molecular flexibility index (Phi) is 10.0. The molecule has 0 aliphatic carbocycles. The number of carbonyl (C=O) groups excluding carboxylic acids is 1. The van der Waals surface area contributed by atoms with E-state index in [0.29, 0.717) is 48.5 Å². The first-order valence-corrected chi connectivity index (χ1v) is 17.1. The third kappa shape index (κ3) is 6.83. The van der Waals surface area contributed by atoms with Crippen LogP contribution in [0.4, 0.5) is 17.3 Å². The SMILES string of the molecule is CCCC1CC(N(C)C(=O)c2ccc(Nc3nc4c(N5CCC(c6ccc(Cl)cc6)(C(O)CO)CC5)cccn4n3)cc2)CCN1C. The average molecular weight is 660 g/mol. The van der Waals surface area contributed by atoms with Gasteiger partial charge in [0.25, 0.3) is 5.91 Å². The molecule has 2 aliphatic heterocycles. The van der Waals surface area contributed by atoms with E-state index in [0.717, 1.165) is 54.8 Å². The number of rotatable bonds is 10. The van der Waals surface area contributed by atoms with Crippen molar-refractivity contribution in [2.45, 2.75) is 69.1 Å². The predicted molar refractivity (Wildman–Crippen MR) is 187 cm³/mol. The molecule has 0 spiro atoms. The van der Waals surface area contributed by atoms with E-state index in [1.54, 1.807) is 4.52 Å². The lowest BCUT2D eigenvalue weighted by atomic mass is 9.69. The van der Waals surface area contributed by atoms with Crippen LogP contribution in [-0.4, -0.2) is 99.0 Å². The molecule has 2 fully saturated rings. The standard InChI is InChI=1S/C36H46ClN7O3/c1-4-6-29-23-30(16-20-41(29)2)42(3)34(47)25-8-14-28(15-9-25)38-35-39-33-31(7-5-19-44(33)40-35)43-21-17-36(18-22-43,32(46)24-45)26-10-12-27(37)13-11-26/h5,7-15,19,29-30,32,45-46H,4,6,16-18,20-24H2,1-3H3,(H,38,40). The fourth-order valence-corrected chi connectivity index (χ4v) is 7.60. The van der Waals surface area contributed by atoms with Crippen LogP contribution >= 0.6 is 11.6 Å². The minimum atomic E-state index is -0.875. The number of amides is 1. The Hall–Kier alpha value is -3.70. The molecule has 2 aromatic carbocycles. The van der Waals surface area contributed by atoms with Crippen molar-refractivity contribution >= 4 is 40.5 Å². The number of aliphatic hydroxyl groups is 2. The van der Waals surface area contributed by atoms with Crippen LogP contribution in [0.15, 0.2) is 66.9 Å². The Morgan fingerprint density at radius 2 is 1.83 bits per heavy atom. The Balaban J connectivity index is 1.13. The number of halogens is 1. The number of nitrogens with zero attached hydrogens (tertiary/aromatic N) is 6. The second kappa shape index (κ2) is 14.2. The Bertz CT molecular complexity index is 1650. The number of nitrogens with one attached hydrogen (secondary N) is 1. The van der Waals surface area contributed by atoms with E-state index in [1.165, 1.54) is 0 Å². The molecule has 11 heteroatoms. The second-order valence-corrected chi connectivity index (χ2v) is 13.6. The highest BCUT2D eigenvalue weighted by molar-refractivity contribution is 6.30. The zero-order valence-electron chi connectivity index (χ0n) is 27.5. The maximum absolute atomic E-state index is 13.4. The number of pyridine rings is 1. The summed E-state index contributed by atoms with van der Waals surface area (Å²) >= 11 is 6.14. The van der Waals surface area contributed by atoms with E-state index in [-0.39, 0.29) is 18.6 Å². The molecule has 0 saturated carbocycles. The number of benzene rings is 2. The van der Waals surface area contributed by atoms with Gasteiger partial charge in [-0.15, -0.1) is 5.10 Å². The third-order valence-corrected chi connectivity index (χ3v) is 10.7. The fraction of sp³-hybridized carbons (Fsp3) is 0.472. The Morgan fingerprint density at radius 1 is 1.11 bits per heavy atom. The normalized spacial score (nSPS) is 20.7. The number of aromatic nitrogens is 3. The summed E-state index contributed by atoms with van der Waals surface area (Å²) in [6.07, 6.45) is 6.63. The van der Waals surface area contributed by atoms with E-state index < -0.39 is 11.5 Å². The summed E-state index contributed by atoms with van der Waals surface area (Å²) in [4.78, 5) is 24.8. The molecule has 2 saturated heterocycles. The summed E-state index contributed by atoms with van der Waals surface area (Å²) in [6.45, 7) is 4.28. The molecule has 10 nitrogen and oxygen atoms in total. The number of fused-ring (bicyclic) bond motifs is 1. The van der Waals surface area contributed by atoms with Gasteiger partial charge in [0.05, 0.1) is 18.4 Å². The van der Waals surface area contributed by atoms with E-state index in [1.807, 2.05) is 78.8 Å². The van der Waals surface area contributed by atoms with Crippen molar-refractivity contribution in [3.63, 3.8) is 0 Å². The van der Waals surface area contributed by atoms with Crippen LogP contribution in [0.2, 0.25) is 5.02 Å². The molecule has 4 heterocycles. The number of hydrogen-bond donors (Lipinski definition) is 3. The molecule has 2 aromatic heterocycles. The van der Waals surface area contributed by atoms with Crippen molar-refractivity contribution in [1.29, 1.82) is 0 Å². The van der Waals surface area contributed by atoms with Crippen molar-refractivity contribution in [3.05, 3.63) is 83.0 Å². The number of piperidine rings is 2. The van der Waals surface area contributed by atoms with Crippen molar-refractivity contribution in [2.24, 2.45) is 0 Å². The molecule has 0 bridgehead atoms. The van der Waals surface area contributed by atoms with Crippen LogP contribution in [0.5, 0.6) is 0 Å². The molecular weight excluding hydrogens is 614 g/mol. The molecule has 47 heavy (non-hydrogen) atoms. The molecule has 2 aliphatic rings. The van der Waals surface area contributed by atoms with E-state index in [4.69, 9.17) is 16.6 Å². The van der Waals surface area contributed by atoms with Gasteiger partial charge in [-0.1, -0.05) is 37.1 Å². The smallest absolute Gasteiger partial charge is 0.253 e. The molecule has 4 aromatic rings. The summed E-state index contributed by atoms with van der Waals surface area (Å²) in [6, 6.07) is 19.9. The van der Waals surface area contributed by atoms with Crippen molar-refractivity contribution in [1.82, 2.24) is 24.4 Å². The topological polar surface area (TPSA) is 109 Å². The zero-order chi connectivity index (χ0) is 33.1. The average Bonchev–Trinajstić information content (AvgIpc) is 3.51. The van der Waals surface area contributed by atoms with Gasteiger partial charge in [-0.2, -0.15) is 4.98 Å². The number of carbonyl (C=O) groups is 1. The van der Waals surface area contributed by atoms with Gasteiger partial charge in [0.2, 0.25) is 5.95 Å². The van der Waals surface area contributed by atoms with Crippen LogP contribution in [0.25, 0.3) is 5.65 Å². The van der Waals surface area contributed by atoms with Crippen molar-refractivity contribution in [3.8, 4) is 0 Å². The fourth-order valence-electron chi connectivity index (χ4n) is 7.47. The Morgan fingerprint density at radius 3 is 2.51 bits per heavy atom. The summed E-state index contributed by atoms with van der Waals surface area (Å²) in [7, 11) is 4.12. The number of hydrogen-bond acceptors (Lipinski definition) is 8. The molecule has 0 radical (unpaired) electrons. The van der Waals surface area contributed by atoms with Crippen molar-refractivity contribution < 1.29 is 15.0 Å². The minimum Gasteiger partial charge on any atom is -0.394 e. The lowest BCUT2D eigenvalue weighted by Crippen LogP contribution is -2.50. The number of aliphatic hydroxyl groups excluding tert-OH is 2. The third-order valence-electron chi connectivity index (χ3n) is 10.4. The summed E-state index contributed by atoms with van der Waals surface area (Å²) in [5, 5.41) is 29.5. The molecular formula is C36H46ClN7O3. The minimum absolute atomic E-state index is 0.0463. The summed E-state index contributed by atoms with van der Waals surface area (Å²) in [5.41, 5.74) is 3.57. The molecule has 3 N–H and O–H groups in total. The number of likely N-dealkylation sites (tertiary alicyclic amines) is 1. The molecule has 3 atom stereocenters. The summed E-state index contributed by atoms with van der Waals surface area (Å²) in [5.74, 6) is 0.509. The maximum Gasteiger partial charge on any atom is 0.253 e. The van der Waals surface area contributed by atoms with E-state index >= 15 is 0 Å². The van der Waals surface area contributed by atoms with Gasteiger partial charge in [0, 0.05) is 66.7 Å². The molecule has 3 unspecified atom stereocenters. The predicted octanol–water partition coefficient (Wildman–Crippen LogP) is 5.35. The largest absolute Gasteiger partial charge is 0.394 e. The molecule has 6 rings (SSSR count). The first-order valence-electron chi connectivity index (χ1n) is 16.7. The maximum atomic E-state index is 13.4. The highest BCUT2D eigenvalue weighted by Crippen LogP contribution is 2.41. The van der Waals surface area contributed by atoms with Crippen LogP contribution in [0, 0.1) is 0 Å². The van der Waals surface area contributed by atoms with Crippen LogP contribution in [0.1, 0.15) is 61.4 Å².